The molecule has 0 aromatic heterocycles. The number of piperidine rings is 1. The molecular weight excluding hydrogens is 256 g/mol. The van der Waals surface area contributed by atoms with E-state index in [1.807, 2.05) is 25.7 Å². The molecule has 2 saturated heterocycles. The highest BCUT2D eigenvalue weighted by molar-refractivity contribution is 5.77. The number of carbonyl (C=O) groups excluding carboxylic acids is 2. The Kier molecular flexibility index (Phi) is 4.68. The van der Waals surface area contributed by atoms with Gasteiger partial charge in [-0.2, -0.15) is 0 Å². The Morgan fingerprint density at radius 1 is 1.35 bits per heavy atom. The van der Waals surface area contributed by atoms with Gasteiger partial charge in [-0.05, 0) is 33.6 Å². The van der Waals surface area contributed by atoms with Crippen LogP contribution in [0.15, 0.2) is 0 Å². The lowest BCUT2D eigenvalue weighted by molar-refractivity contribution is -0.157. The highest BCUT2D eigenvalue weighted by Gasteiger charge is 2.37. The number of esters is 1. The Morgan fingerprint density at radius 3 is 2.75 bits per heavy atom. The zero-order chi connectivity index (χ0) is 14.8. The maximum atomic E-state index is 12.0. The molecule has 0 spiro atoms. The molecule has 0 bridgehead atoms. The van der Waals surface area contributed by atoms with E-state index in [4.69, 9.17) is 4.74 Å². The molecule has 0 saturated carbocycles. The van der Waals surface area contributed by atoms with Gasteiger partial charge in [-0.15, -0.1) is 0 Å². The molecule has 2 heterocycles. The van der Waals surface area contributed by atoms with Gasteiger partial charge in [0.25, 0.3) is 0 Å². The molecule has 2 rings (SSSR count). The van der Waals surface area contributed by atoms with Crippen LogP contribution in [0.5, 0.6) is 0 Å². The summed E-state index contributed by atoms with van der Waals surface area (Å²) in [5.74, 6) is 0.242. The summed E-state index contributed by atoms with van der Waals surface area (Å²) in [6, 6.07) is 0.148. The molecule has 0 aromatic carbocycles. The van der Waals surface area contributed by atoms with Gasteiger partial charge in [0.15, 0.2) is 0 Å². The van der Waals surface area contributed by atoms with E-state index in [2.05, 4.69) is 5.32 Å². The number of ether oxygens (including phenoxy) is 1. The third kappa shape index (κ3) is 3.95. The molecule has 2 aliphatic rings. The lowest BCUT2D eigenvalue weighted by Crippen LogP contribution is -2.47. The molecule has 2 fully saturated rings. The first-order valence-corrected chi connectivity index (χ1v) is 7.59. The van der Waals surface area contributed by atoms with Crippen LogP contribution in [0.4, 0.5) is 0 Å². The maximum Gasteiger partial charge on any atom is 0.306 e. The summed E-state index contributed by atoms with van der Waals surface area (Å²) >= 11 is 0. The molecule has 2 aliphatic heterocycles. The zero-order valence-corrected chi connectivity index (χ0v) is 12.8. The number of likely N-dealkylation sites (tertiary alicyclic amines) is 1. The summed E-state index contributed by atoms with van der Waals surface area (Å²) in [5, 5.41) is 3.31. The summed E-state index contributed by atoms with van der Waals surface area (Å²) < 4.78 is 5.39. The second-order valence-electron chi connectivity index (χ2n) is 6.82. The Hall–Kier alpha value is -1.10. The van der Waals surface area contributed by atoms with Crippen LogP contribution in [-0.2, 0) is 14.3 Å². The molecular formula is C15H26N2O3. The van der Waals surface area contributed by atoms with Gasteiger partial charge >= 0.3 is 5.97 Å². The van der Waals surface area contributed by atoms with E-state index in [1.54, 1.807) is 0 Å². The van der Waals surface area contributed by atoms with Gasteiger partial charge in [0, 0.05) is 38.0 Å². The molecule has 1 amide bonds. The van der Waals surface area contributed by atoms with Crippen molar-refractivity contribution >= 4 is 11.9 Å². The maximum absolute atomic E-state index is 12.0. The van der Waals surface area contributed by atoms with Gasteiger partial charge in [0.2, 0.25) is 5.91 Å². The summed E-state index contributed by atoms with van der Waals surface area (Å²) in [6.45, 7) is 8.04. The number of nitrogens with zero attached hydrogens (tertiary/aromatic N) is 1. The first kappa shape index (κ1) is 15.3. The number of nitrogens with one attached hydrogen (secondary N) is 1. The summed E-state index contributed by atoms with van der Waals surface area (Å²) in [7, 11) is 0. The topological polar surface area (TPSA) is 58.6 Å². The smallest absolute Gasteiger partial charge is 0.306 e. The van der Waals surface area contributed by atoms with E-state index >= 15 is 0 Å². The highest BCUT2D eigenvalue weighted by atomic mass is 16.6. The van der Waals surface area contributed by atoms with Crippen molar-refractivity contribution in [2.45, 2.75) is 58.1 Å². The standard InChI is InChI=1S/C15H26N2O3/c1-15(2,3)20-14(19)8-11-9-16-10-12(11)17-7-5-4-6-13(17)18/h11-12,16H,4-10H2,1-3H3/t11-,12-/m0/s1. The molecule has 114 valence electrons. The van der Waals surface area contributed by atoms with Crippen LogP contribution in [0.2, 0.25) is 0 Å². The lowest BCUT2D eigenvalue weighted by Gasteiger charge is -2.35. The van der Waals surface area contributed by atoms with Crippen LogP contribution in [-0.4, -0.2) is 48.1 Å². The van der Waals surface area contributed by atoms with Gasteiger partial charge in [-0.1, -0.05) is 0 Å². The number of hydrogen-bond acceptors (Lipinski definition) is 4. The van der Waals surface area contributed by atoms with Crippen molar-refractivity contribution in [1.82, 2.24) is 10.2 Å². The van der Waals surface area contributed by atoms with Crippen molar-refractivity contribution in [3.63, 3.8) is 0 Å². The number of carbonyl (C=O) groups is 2. The van der Waals surface area contributed by atoms with Crippen LogP contribution in [0.25, 0.3) is 0 Å². The second kappa shape index (κ2) is 6.12. The van der Waals surface area contributed by atoms with Gasteiger partial charge in [0.05, 0.1) is 6.42 Å². The third-order valence-electron chi connectivity index (χ3n) is 3.91. The molecule has 2 atom stereocenters. The fourth-order valence-electron chi connectivity index (χ4n) is 3.07. The Labute approximate surface area is 121 Å². The van der Waals surface area contributed by atoms with Crippen molar-refractivity contribution in [3.05, 3.63) is 0 Å². The van der Waals surface area contributed by atoms with Crippen molar-refractivity contribution in [3.8, 4) is 0 Å². The predicted octanol–water partition coefficient (Wildman–Crippen LogP) is 1.32. The minimum atomic E-state index is -0.445. The number of amides is 1. The SMILES string of the molecule is CC(C)(C)OC(=O)C[C@H]1CNC[C@@H]1N1CCCCC1=O. The first-order valence-electron chi connectivity index (χ1n) is 7.59. The number of hydrogen-bond donors (Lipinski definition) is 1. The Bertz CT molecular complexity index is 376. The van der Waals surface area contributed by atoms with Crippen molar-refractivity contribution in [1.29, 1.82) is 0 Å². The Balaban J connectivity index is 1.93. The fourth-order valence-corrected chi connectivity index (χ4v) is 3.07. The van der Waals surface area contributed by atoms with Crippen molar-refractivity contribution in [2.24, 2.45) is 5.92 Å². The summed E-state index contributed by atoms with van der Waals surface area (Å²) in [6.07, 6.45) is 3.10. The highest BCUT2D eigenvalue weighted by Crippen LogP contribution is 2.24. The molecule has 20 heavy (non-hydrogen) atoms. The molecule has 0 aromatic rings. The molecule has 1 N–H and O–H groups in total. The number of rotatable bonds is 3. The molecule has 0 aliphatic carbocycles. The molecule has 5 nitrogen and oxygen atoms in total. The predicted molar refractivity (Wildman–Crippen MR) is 76.2 cm³/mol. The monoisotopic (exact) mass is 282 g/mol. The zero-order valence-electron chi connectivity index (χ0n) is 12.8. The van der Waals surface area contributed by atoms with Crippen LogP contribution in [0.3, 0.4) is 0 Å². The average Bonchev–Trinajstić information content (AvgIpc) is 2.75. The Morgan fingerprint density at radius 2 is 2.10 bits per heavy atom. The van der Waals surface area contributed by atoms with Gasteiger partial charge in [0.1, 0.15) is 5.60 Å². The lowest BCUT2D eigenvalue weighted by atomic mass is 9.96. The third-order valence-corrected chi connectivity index (χ3v) is 3.91. The first-order chi connectivity index (χ1) is 9.37. The normalized spacial score (nSPS) is 27.8. The quantitative estimate of drug-likeness (QED) is 0.793. The van der Waals surface area contributed by atoms with E-state index in [0.29, 0.717) is 12.8 Å². The fraction of sp³-hybridized carbons (Fsp3) is 0.867. The van der Waals surface area contributed by atoms with E-state index in [9.17, 15) is 9.59 Å². The van der Waals surface area contributed by atoms with Gasteiger partial charge < -0.3 is 15.0 Å². The summed E-state index contributed by atoms with van der Waals surface area (Å²) in [5.41, 5.74) is -0.445. The van der Waals surface area contributed by atoms with Crippen molar-refractivity contribution < 1.29 is 14.3 Å². The van der Waals surface area contributed by atoms with Crippen LogP contribution >= 0.6 is 0 Å². The average molecular weight is 282 g/mol. The summed E-state index contributed by atoms with van der Waals surface area (Å²) in [4.78, 5) is 26.0. The molecule has 5 heteroatoms. The van der Waals surface area contributed by atoms with E-state index in [-0.39, 0.29) is 23.8 Å². The molecule has 0 unspecified atom stereocenters. The minimum absolute atomic E-state index is 0.148. The largest absolute Gasteiger partial charge is 0.460 e. The second-order valence-corrected chi connectivity index (χ2v) is 6.82. The van der Waals surface area contributed by atoms with E-state index < -0.39 is 5.60 Å². The minimum Gasteiger partial charge on any atom is -0.460 e. The van der Waals surface area contributed by atoms with Crippen LogP contribution < -0.4 is 5.32 Å². The van der Waals surface area contributed by atoms with E-state index in [1.165, 1.54) is 0 Å². The van der Waals surface area contributed by atoms with Crippen LogP contribution in [0.1, 0.15) is 46.5 Å². The van der Waals surface area contributed by atoms with Gasteiger partial charge in [-0.3, -0.25) is 9.59 Å². The van der Waals surface area contributed by atoms with E-state index in [0.717, 1.165) is 32.5 Å². The van der Waals surface area contributed by atoms with Gasteiger partial charge in [-0.25, -0.2) is 0 Å². The van der Waals surface area contributed by atoms with Crippen molar-refractivity contribution in [2.75, 3.05) is 19.6 Å². The molecule has 0 radical (unpaired) electrons. The van der Waals surface area contributed by atoms with Crippen LogP contribution in [0, 0.1) is 5.92 Å².